The molecule has 0 atom stereocenters. The van der Waals surface area contributed by atoms with Crippen molar-refractivity contribution in [1.29, 1.82) is 0 Å². The van der Waals surface area contributed by atoms with Gasteiger partial charge in [-0.3, -0.25) is 0 Å². The summed E-state index contributed by atoms with van der Waals surface area (Å²) in [5.74, 6) is 0. The van der Waals surface area contributed by atoms with Crippen molar-refractivity contribution in [1.82, 2.24) is 9.47 Å². The fourth-order valence-electron chi connectivity index (χ4n) is 3.80. The Hall–Kier alpha value is -1.28. The lowest BCUT2D eigenvalue weighted by Gasteiger charge is -2.17. The third-order valence-electron chi connectivity index (χ3n) is 5.13. The van der Waals surface area contributed by atoms with Crippen molar-refractivity contribution < 1.29 is 0 Å². The standard InChI is InChI=1S/C21H34N2/c1-5-18-19-14-10-11-15-21(19)23(20(18)6-2)17-13-9-12-16-22(7-3)8-4/h10-11,14-15H,5-9,12-13,16-17H2,1-4H3. The third kappa shape index (κ3) is 4.17. The summed E-state index contributed by atoms with van der Waals surface area (Å²) in [6.45, 7) is 13.9. The number of fused-ring (bicyclic) bond motifs is 1. The molecular weight excluding hydrogens is 280 g/mol. The Bertz CT molecular complexity index is 593. The second kappa shape index (κ2) is 9.12. The van der Waals surface area contributed by atoms with Crippen LogP contribution in [0.25, 0.3) is 10.9 Å². The fraction of sp³-hybridized carbons (Fsp3) is 0.619. The molecule has 2 rings (SSSR count). The number of rotatable bonds is 10. The van der Waals surface area contributed by atoms with Crippen LogP contribution in [0, 0.1) is 0 Å². The third-order valence-corrected chi connectivity index (χ3v) is 5.13. The van der Waals surface area contributed by atoms with Gasteiger partial charge in [-0.05, 0) is 56.9 Å². The van der Waals surface area contributed by atoms with Crippen LogP contribution in [0.3, 0.4) is 0 Å². The van der Waals surface area contributed by atoms with E-state index in [4.69, 9.17) is 0 Å². The van der Waals surface area contributed by atoms with Crippen molar-refractivity contribution in [3.8, 4) is 0 Å². The SMILES string of the molecule is CCc1c(CC)n(CCCCCN(CC)CC)c2ccccc12. The molecule has 1 aromatic carbocycles. The normalized spacial score (nSPS) is 11.7. The van der Waals surface area contributed by atoms with Crippen molar-refractivity contribution in [2.45, 2.75) is 66.3 Å². The van der Waals surface area contributed by atoms with Crippen molar-refractivity contribution in [3.63, 3.8) is 0 Å². The highest BCUT2D eigenvalue weighted by Crippen LogP contribution is 2.27. The highest BCUT2D eigenvalue weighted by atomic mass is 15.1. The van der Waals surface area contributed by atoms with Gasteiger partial charge in [-0.15, -0.1) is 0 Å². The summed E-state index contributed by atoms with van der Waals surface area (Å²) >= 11 is 0. The summed E-state index contributed by atoms with van der Waals surface area (Å²) in [6, 6.07) is 8.95. The number of aryl methyl sites for hydroxylation is 2. The molecule has 23 heavy (non-hydrogen) atoms. The molecule has 1 heterocycles. The number of para-hydroxylation sites is 1. The second-order valence-electron chi connectivity index (χ2n) is 6.39. The van der Waals surface area contributed by atoms with Gasteiger partial charge in [-0.25, -0.2) is 0 Å². The van der Waals surface area contributed by atoms with Crippen molar-refractivity contribution in [2.24, 2.45) is 0 Å². The van der Waals surface area contributed by atoms with E-state index in [9.17, 15) is 0 Å². The summed E-state index contributed by atoms with van der Waals surface area (Å²) in [5.41, 5.74) is 4.55. The van der Waals surface area contributed by atoms with Gasteiger partial charge in [-0.2, -0.15) is 0 Å². The molecule has 0 amide bonds. The molecule has 0 aliphatic carbocycles. The van der Waals surface area contributed by atoms with Gasteiger partial charge >= 0.3 is 0 Å². The minimum atomic E-state index is 1.14. The van der Waals surface area contributed by atoms with E-state index in [0.717, 1.165) is 12.8 Å². The van der Waals surface area contributed by atoms with Gasteiger partial charge < -0.3 is 9.47 Å². The molecule has 0 saturated carbocycles. The Morgan fingerprint density at radius 2 is 1.61 bits per heavy atom. The first-order valence-electron chi connectivity index (χ1n) is 9.58. The number of benzene rings is 1. The van der Waals surface area contributed by atoms with E-state index in [1.807, 2.05) is 0 Å². The van der Waals surface area contributed by atoms with Crippen molar-refractivity contribution in [3.05, 3.63) is 35.5 Å². The Kier molecular flexibility index (Phi) is 7.16. The number of nitrogens with zero attached hydrogens (tertiary/aromatic N) is 2. The summed E-state index contributed by atoms with van der Waals surface area (Å²) < 4.78 is 2.59. The predicted octanol–water partition coefficient (Wildman–Crippen LogP) is 5.28. The van der Waals surface area contributed by atoms with Gasteiger partial charge in [0.05, 0.1) is 0 Å². The van der Waals surface area contributed by atoms with E-state index >= 15 is 0 Å². The maximum Gasteiger partial charge on any atom is 0.0485 e. The maximum absolute atomic E-state index is 2.59. The molecule has 2 heteroatoms. The summed E-state index contributed by atoms with van der Waals surface area (Å²) in [7, 11) is 0. The first kappa shape index (κ1) is 18.1. The lowest BCUT2D eigenvalue weighted by Crippen LogP contribution is -2.23. The molecule has 0 fully saturated rings. The smallest absolute Gasteiger partial charge is 0.0485 e. The molecule has 0 radical (unpaired) electrons. The highest BCUT2D eigenvalue weighted by molar-refractivity contribution is 5.85. The average Bonchev–Trinajstić information content (AvgIpc) is 2.91. The maximum atomic E-state index is 2.59. The molecule has 0 aliphatic rings. The number of aromatic nitrogens is 1. The monoisotopic (exact) mass is 314 g/mol. The first-order chi connectivity index (χ1) is 11.3. The van der Waals surface area contributed by atoms with Crippen LogP contribution in [0.15, 0.2) is 24.3 Å². The Morgan fingerprint density at radius 3 is 2.26 bits per heavy atom. The van der Waals surface area contributed by atoms with Crippen LogP contribution in [0.5, 0.6) is 0 Å². The Labute approximate surface area is 142 Å². The number of hydrogen-bond donors (Lipinski definition) is 0. The zero-order valence-electron chi connectivity index (χ0n) is 15.6. The van der Waals surface area contributed by atoms with Gasteiger partial charge in [0, 0.05) is 23.1 Å². The zero-order chi connectivity index (χ0) is 16.7. The van der Waals surface area contributed by atoms with E-state index in [1.165, 1.54) is 56.3 Å². The molecule has 0 unspecified atom stereocenters. The van der Waals surface area contributed by atoms with E-state index < -0.39 is 0 Å². The first-order valence-corrected chi connectivity index (χ1v) is 9.58. The van der Waals surface area contributed by atoms with Gasteiger partial charge in [0.2, 0.25) is 0 Å². The molecule has 0 bridgehead atoms. The lowest BCUT2D eigenvalue weighted by molar-refractivity contribution is 0.295. The number of unbranched alkanes of at least 4 members (excludes halogenated alkanes) is 2. The minimum Gasteiger partial charge on any atom is -0.344 e. The summed E-state index contributed by atoms with van der Waals surface area (Å²) in [4.78, 5) is 2.53. The summed E-state index contributed by atoms with van der Waals surface area (Å²) in [6.07, 6.45) is 6.21. The molecular formula is C21H34N2. The van der Waals surface area contributed by atoms with Crippen LogP contribution in [0.2, 0.25) is 0 Å². The predicted molar refractivity (Wildman–Crippen MR) is 102 cm³/mol. The van der Waals surface area contributed by atoms with E-state index in [0.29, 0.717) is 0 Å². The van der Waals surface area contributed by atoms with Crippen LogP contribution < -0.4 is 0 Å². The molecule has 128 valence electrons. The van der Waals surface area contributed by atoms with E-state index in [1.54, 1.807) is 11.3 Å². The Morgan fingerprint density at radius 1 is 0.870 bits per heavy atom. The van der Waals surface area contributed by atoms with Crippen LogP contribution in [-0.2, 0) is 19.4 Å². The molecule has 0 aliphatic heterocycles. The van der Waals surface area contributed by atoms with Gasteiger partial charge in [-0.1, -0.05) is 52.3 Å². The quantitative estimate of drug-likeness (QED) is 0.542. The van der Waals surface area contributed by atoms with Crippen LogP contribution in [0.4, 0.5) is 0 Å². The van der Waals surface area contributed by atoms with Crippen LogP contribution in [-0.4, -0.2) is 29.1 Å². The number of hydrogen-bond acceptors (Lipinski definition) is 1. The molecule has 0 N–H and O–H groups in total. The van der Waals surface area contributed by atoms with Crippen LogP contribution >= 0.6 is 0 Å². The van der Waals surface area contributed by atoms with Gasteiger partial charge in [0.25, 0.3) is 0 Å². The van der Waals surface area contributed by atoms with Crippen LogP contribution in [0.1, 0.15) is 58.2 Å². The van der Waals surface area contributed by atoms with E-state index in [-0.39, 0.29) is 0 Å². The van der Waals surface area contributed by atoms with Crippen molar-refractivity contribution >= 4 is 10.9 Å². The van der Waals surface area contributed by atoms with E-state index in [2.05, 4.69) is 61.4 Å². The average molecular weight is 315 g/mol. The Balaban J connectivity index is 2.02. The zero-order valence-corrected chi connectivity index (χ0v) is 15.6. The van der Waals surface area contributed by atoms with Crippen molar-refractivity contribution in [2.75, 3.05) is 19.6 Å². The topological polar surface area (TPSA) is 8.17 Å². The lowest BCUT2D eigenvalue weighted by atomic mass is 10.1. The largest absolute Gasteiger partial charge is 0.344 e. The minimum absolute atomic E-state index is 1.14. The highest BCUT2D eigenvalue weighted by Gasteiger charge is 2.13. The molecule has 2 aromatic rings. The fourth-order valence-corrected chi connectivity index (χ4v) is 3.80. The molecule has 0 spiro atoms. The molecule has 1 aromatic heterocycles. The van der Waals surface area contributed by atoms with Gasteiger partial charge in [0.1, 0.15) is 0 Å². The molecule has 2 nitrogen and oxygen atoms in total. The molecule has 0 saturated heterocycles. The second-order valence-corrected chi connectivity index (χ2v) is 6.39. The summed E-state index contributed by atoms with van der Waals surface area (Å²) in [5, 5.41) is 1.47. The van der Waals surface area contributed by atoms with Gasteiger partial charge in [0.15, 0.2) is 0 Å².